The standard InChI is InChI=1S/C10H14ClN3O/c1-2-3-8(12)10(15)14-9-6-7(11)4-5-13-9/h4-6,8H,2-3,12H2,1H3,(H,13,14,15)/t8-/m0/s1. The van der Waals surface area contributed by atoms with E-state index in [1.54, 1.807) is 12.1 Å². The van der Waals surface area contributed by atoms with Gasteiger partial charge in [-0.15, -0.1) is 0 Å². The van der Waals surface area contributed by atoms with Crippen molar-refractivity contribution in [2.24, 2.45) is 5.73 Å². The van der Waals surface area contributed by atoms with Gasteiger partial charge < -0.3 is 11.1 Å². The minimum Gasteiger partial charge on any atom is -0.320 e. The van der Waals surface area contributed by atoms with Crippen LogP contribution in [-0.4, -0.2) is 16.9 Å². The van der Waals surface area contributed by atoms with E-state index in [0.717, 1.165) is 6.42 Å². The lowest BCUT2D eigenvalue weighted by molar-refractivity contribution is -0.117. The maximum absolute atomic E-state index is 11.5. The normalized spacial score (nSPS) is 12.2. The number of aromatic nitrogens is 1. The molecule has 4 nitrogen and oxygen atoms in total. The Balaban J connectivity index is 2.58. The molecule has 0 aliphatic heterocycles. The zero-order chi connectivity index (χ0) is 11.3. The average Bonchev–Trinajstić information content (AvgIpc) is 2.18. The number of rotatable bonds is 4. The molecular weight excluding hydrogens is 214 g/mol. The van der Waals surface area contributed by atoms with Gasteiger partial charge >= 0.3 is 0 Å². The van der Waals surface area contributed by atoms with Crippen LogP contribution in [0.3, 0.4) is 0 Å². The van der Waals surface area contributed by atoms with Crippen LogP contribution < -0.4 is 11.1 Å². The number of halogens is 1. The Morgan fingerprint density at radius 1 is 1.73 bits per heavy atom. The van der Waals surface area contributed by atoms with Crippen LogP contribution in [-0.2, 0) is 4.79 Å². The molecule has 1 rings (SSSR count). The van der Waals surface area contributed by atoms with Gasteiger partial charge in [-0.25, -0.2) is 4.98 Å². The third-order valence-electron chi connectivity index (χ3n) is 1.91. The first-order chi connectivity index (χ1) is 7.13. The highest BCUT2D eigenvalue weighted by atomic mass is 35.5. The minimum absolute atomic E-state index is 0.230. The second kappa shape index (κ2) is 5.68. The lowest BCUT2D eigenvalue weighted by atomic mass is 10.2. The van der Waals surface area contributed by atoms with Gasteiger partial charge in [0.15, 0.2) is 0 Å². The fourth-order valence-electron chi connectivity index (χ4n) is 1.13. The van der Waals surface area contributed by atoms with E-state index >= 15 is 0 Å². The molecule has 0 spiro atoms. The molecule has 3 N–H and O–H groups in total. The van der Waals surface area contributed by atoms with Crippen molar-refractivity contribution in [3.05, 3.63) is 23.4 Å². The van der Waals surface area contributed by atoms with E-state index in [0.29, 0.717) is 17.3 Å². The lowest BCUT2D eigenvalue weighted by Crippen LogP contribution is -2.35. The number of hydrogen-bond acceptors (Lipinski definition) is 3. The molecule has 0 aromatic carbocycles. The maximum atomic E-state index is 11.5. The summed E-state index contributed by atoms with van der Waals surface area (Å²) >= 11 is 5.75. The van der Waals surface area contributed by atoms with Gasteiger partial charge in [0.2, 0.25) is 5.91 Å². The van der Waals surface area contributed by atoms with Crippen LogP contribution in [0.4, 0.5) is 5.82 Å². The Kier molecular flexibility index (Phi) is 4.52. The molecule has 1 aromatic rings. The molecule has 5 heteroatoms. The van der Waals surface area contributed by atoms with Gasteiger partial charge in [-0.05, 0) is 18.6 Å². The smallest absolute Gasteiger partial charge is 0.242 e. The number of nitrogens with two attached hydrogens (primary N) is 1. The van der Waals surface area contributed by atoms with Crippen LogP contribution in [0.1, 0.15) is 19.8 Å². The second-order valence-corrected chi connectivity index (χ2v) is 3.68. The first kappa shape index (κ1) is 11.9. The molecule has 1 amide bonds. The molecule has 0 bridgehead atoms. The Hall–Kier alpha value is -1.13. The predicted octanol–water partition coefficient (Wildman–Crippen LogP) is 1.80. The van der Waals surface area contributed by atoms with Crippen LogP contribution in [0.2, 0.25) is 5.02 Å². The molecule has 0 radical (unpaired) electrons. The molecular formula is C10H14ClN3O. The van der Waals surface area contributed by atoms with Crippen molar-refractivity contribution in [1.29, 1.82) is 0 Å². The summed E-state index contributed by atoms with van der Waals surface area (Å²) < 4.78 is 0. The zero-order valence-corrected chi connectivity index (χ0v) is 9.29. The van der Waals surface area contributed by atoms with Crippen molar-refractivity contribution in [1.82, 2.24) is 4.98 Å². The summed E-state index contributed by atoms with van der Waals surface area (Å²) in [5, 5.41) is 3.14. The van der Waals surface area contributed by atoms with Gasteiger partial charge in [-0.2, -0.15) is 0 Å². The predicted molar refractivity (Wildman–Crippen MR) is 60.8 cm³/mol. The number of nitrogens with zero attached hydrogens (tertiary/aromatic N) is 1. The fourth-order valence-corrected chi connectivity index (χ4v) is 1.29. The highest BCUT2D eigenvalue weighted by molar-refractivity contribution is 6.30. The number of carbonyl (C=O) groups excluding carboxylic acids is 1. The number of carbonyl (C=O) groups is 1. The molecule has 1 aromatic heterocycles. The molecule has 0 unspecified atom stereocenters. The topological polar surface area (TPSA) is 68.0 Å². The van der Waals surface area contributed by atoms with E-state index in [-0.39, 0.29) is 5.91 Å². The Morgan fingerprint density at radius 2 is 2.47 bits per heavy atom. The molecule has 1 atom stereocenters. The third kappa shape index (κ3) is 3.85. The number of amides is 1. The zero-order valence-electron chi connectivity index (χ0n) is 8.53. The Bertz CT molecular complexity index is 343. The second-order valence-electron chi connectivity index (χ2n) is 3.24. The molecule has 0 saturated heterocycles. The van der Waals surface area contributed by atoms with E-state index in [2.05, 4.69) is 10.3 Å². The summed E-state index contributed by atoms with van der Waals surface area (Å²) in [5.41, 5.74) is 5.64. The number of anilines is 1. The molecule has 0 fully saturated rings. The number of pyridine rings is 1. The van der Waals surface area contributed by atoms with E-state index < -0.39 is 6.04 Å². The Labute approximate surface area is 93.8 Å². The SMILES string of the molecule is CCC[C@H](N)C(=O)Nc1cc(Cl)ccn1. The summed E-state index contributed by atoms with van der Waals surface area (Å²) in [6, 6.07) is 2.73. The van der Waals surface area contributed by atoms with Gasteiger partial charge in [0.1, 0.15) is 5.82 Å². The average molecular weight is 228 g/mol. The number of hydrogen-bond donors (Lipinski definition) is 2. The molecule has 1 heterocycles. The van der Waals surface area contributed by atoms with Crippen molar-refractivity contribution in [3.8, 4) is 0 Å². The Morgan fingerprint density at radius 3 is 3.07 bits per heavy atom. The van der Waals surface area contributed by atoms with Crippen molar-refractivity contribution in [2.45, 2.75) is 25.8 Å². The summed E-state index contributed by atoms with van der Waals surface area (Å²) in [6.45, 7) is 1.98. The van der Waals surface area contributed by atoms with Crippen molar-refractivity contribution in [2.75, 3.05) is 5.32 Å². The van der Waals surface area contributed by atoms with Gasteiger partial charge in [0.25, 0.3) is 0 Å². The van der Waals surface area contributed by atoms with Crippen molar-refractivity contribution < 1.29 is 4.79 Å². The van der Waals surface area contributed by atoms with Crippen molar-refractivity contribution in [3.63, 3.8) is 0 Å². The first-order valence-electron chi connectivity index (χ1n) is 4.81. The molecule has 0 aliphatic carbocycles. The minimum atomic E-state index is -0.490. The monoisotopic (exact) mass is 227 g/mol. The van der Waals surface area contributed by atoms with Gasteiger partial charge in [-0.1, -0.05) is 24.9 Å². The van der Waals surface area contributed by atoms with Crippen LogP contribution >= 0.6 is 11.6 Å². The molecule has 82 valence electrons. The number of nitrogens with one attached hydrogen (secondary N) is 1. The van der Waals surface area contributed by atoms with Gasteiger partial charge in [0.05, 0.1) is 6.04 Å². The molecule has 0 saturated carbocycles. The summed E-state index contributed by atoms with van der Waals surface area (Å²) in [5.74, 6) is 0.200. The van der Waals surface area contributed by atoms with Crippen LogP contribution in [0, 0.1) is 0 Å². The summed E-state index contributed by atoms with van der Waals surface area (Å²) in [7, 11) is 0. The summed E-state index contributed by atoms with van der Waals surface area (Å²) in [4.78, 5) is 15.4. The highest BCUT2D eigenvalue weighted by Gasteiger charge is 2.12. The van der Waals surface area contributed by atoms with E-state index in [4.69, 9.17) is 17.3 Å². The van der Waals surface area contributed by atoms with E-state index in [1.165, 1.54) is 6.20 Å². The molecule has 0 aliphatic rings. The van der Waals surface area contributed by atoms with Crippen molar-refractivity contribution >= 4 is 23.3 Å². The van der Waals surface area contributed by atoms with E-state index in [1.807, 2.05) is 6.92 Å². The maximum Gasteiger partial charge on any atom is 0.242 e. The summed E-state index contributed by atoms with van der Waals surface area (Å²) in [6.07, 6.45) is 3.06. The van der Waals surface area contributed by atoms with Gasteiger partial charge in [-0.3, -0.25) is 4.79 Å². The van der Waals surface area contributed by atoms with Crippen LogP contribution in [0.25, 0.3) is 0 Å². The fraction of sp³-hybridized carbons (Fsp3) is 0.400. The third-order valence-corrected chi connectivity index (χ3v) is 2.14. The van der Waals surface area contributed by atoms with Gasteiger partial charge in [0, 0.05) is 11.2 Å². The highest BCUT2D eigenvalue weighted by Crippen LogP contribution is 2.12. The first-order valence-corrected chi connectivity index (χ1v) is 5.19. The molecule has 15 heavy (non-hydrogen) atoms. The lowest BCUT2D eigenvalue weighted by Gasteiger charge is -2.10. The quantitative estimate of drug-likeness (QED) is 0.824. The van der Waals surface area contributed by atoms with Crippen LogP contribution in [0.5, 0.6) is 0 Å². The van der Waals surface area contributed by atoms with Crippen LogP contribution in [0.15, 0.2) is 18.3 Å². The largest absolute Gasteiger partial charge is 0.320 e. The van der Waals surface area contributed by atoms with E-state index in [9.17, 15) is 4.79 Å².